The van der Waals surface area contributed by atoms with Crippen molar-refractivity contribution < 1.29 is 22.7 Å². The van der Waals surface area contributed by atoms with Gasteiger partial charge in [-0.15, -0.1) is 0 Å². The number of carbonyl (C=O) groups is 1. The van der Waals surface area contributed by atoms with Crippen LogP contribution in [0.2, 0.25) is 0 Å². The maximum atomic E-state index is 12.9. The molecule has 1 heterocycles. The highest BCUT2D eigenvalue weighted by Crippen LogP contribution is 2.37. The maximum Gasteiger partial charge on any atom is 0.416 e. The van der Waals surface area contributed by atoms with E-state index in [1.165, 1.54) is 57.1 Å². The number of halogens is 3. The van der Waals surface area contributed by atoms with Gasteiger partial charge in [0, 0.05) is 26.1 Å². The Morgan fingerprint density at radius 3 is 2.26 bits per heavy atom. The third kappa shape index (κ3) is 7.51. The van der Waals surface area contributed by atoms with E-state index < -0.39 is 11.7 Å². The number of hydrogen-bond donors (Lipinski definition) is 0. The molecule has 1 aliphatic heterocycles. The second-order valence-electron chi connectivity index (χ2n) is 9.36. The normalized spacial score (nSPS) is 24.4. The van der Waals surface area contributed by atoms with Gasteiger partial charge in [-0.2, -0.15) is 13.2 Å². The highest BCUT2D eigenvalue weighted by molar-refractivity contribution is 5.69. The van der Waals surface area contributed by atoms with E-state index in [1.807, 2.05) is 6.92 Å². The molecule has 1 aliphatic carbocycles. The molecule has 174 valence electrons. The van der Waals surface area contributed by atoms with E-state index in [2.05, 4.69) is 4.90 Å². The van der Waals surface area contributed by atoms with Crippen molar-refractivity contribution in [3.8, 4) is 0 Å². The number of esters is 1. The molecule has 6 heteroatoms. The van der Waals surface area contributed by atoms with Crippen LogP contribution in [0.25, 0.3) is 0 Å². The first-order valence-electron chi connectivity index (χ1n) is 11.9. The summed E-state index contributed by atoms with van der Waals surface area (Å²) >= 11 is 0. The Balaban J connectivity index is 1.68. The van der Waals surface area contributed by atoms with E-state index in [0.717, 1.165) is 25.1 Å². The first kappa shape index (κ1) is 24.1. The fourth-order valence-electron chi connectivity index (χ4n) is 5.44. The Morgan fingerprint density at radius 2 is 1.65 bits per heavy atom. The molecule has 0 amide bonds. The molecule has 0 N–H and O–H groups in total. The molecule has 2 atom stereocenters. The quantitative estimate of drug-likeness (QED) is 0.477. The molecule has 0 bridgehead atoms. The Morgan fingerprint density at radius 1 is 1.00 bits per heavy atom. The van der Waals surface area contributed by atoms with Gasteiger partial charge in [0.2, 0.25) is 0 Å². The Kier molecular flexibility index (Phi) is 8.82. The highest BCUT2D eigenvalue weighted by atomic mass is 19.4. The number of piperidine rings is 1. The number of rotatable bonds is 6. The van der Waals surface area contributed by atoms with Gasteiger partial charge in [0.25, 0.3) is 0 Å². The molecule has 31 heavy (non-hydrogen) atoms. The topological polar surface area (TPSA) is 29.5 Å². The summed E-state index contributed by atoms with van der Waals surface area (Å²) in [6.45, 7) is 4.61. The number of carbonyl (C=O) groups excluding carboxylic acids is 1. The summed E-state index contributed by atoms with van der Waals surface area (Å²) in [5.41, 5.74) is 0.281. The first-order chi connectivity index (χ1) is 14.8. The molecule has 2 aliphatic rings. The van der Waals surface area contributed by atoms with Gasteiger partial charge >= 0.3 is 12.1 Å². The Bertz CT molecular complexity index is 681. The van der Waals surface area contributed by atoms with Crippen LogP contribution in [0.15, 0.2) is 24.3 Å². The predicted molar refractivity (Wildman–Crippen MR) is 115 cm³/mol. The lowest BCUT2D eigenvalue weighted by Crippen LogP contribution is -2.43. The maximum absolute atomic E-state index is 12.9. The van der Waals surface area contributed by atoms with Gasteiger partial charge in [0.05, 0.1) is 12.2 Å². The van der Waals surface area contributed by atoms with Crippen LogP contribution in [0.1, 0.15) is 75.8 Å². The van der Waals surface area contributed by atoms with Crippen LogP contribution in [0.4, 0.5) is 13.2 Å². The van der Waals surface area contributed by atoms with Crippen LogP contribution < -0.4 is 0 Å². The Labute approximate surface area is 184 Å². The van der Waals surface area contributed by atoms with Crippen molar-refractivity contribution in [2.75, 3.05) is 19.7 Å². The molecular formula is C25H36F3NO2. The lowest BCUT2D eigenvalue weighted by atomic mass is 9.74. The summed E-state index contributed by atoms with van der Waals surface area (Å²) in [4.78, 5) is 14.5. The van der Waals surface area contributed by atoms with E-state index in [9.17, 15) is 18.0 Å². The van der Waals surface area contributed by atoms with Crippen LogP contribution in [-0.2, 0) is 22.3 Å². The second-order valence-corrected chi connectivity index (χ2v) is 9.36. The van der Waals surface area contributed by atoms with Crippen molar-refractivity contribution in [3.05, 3.63) is 35.4 Å². The summed E-state index contributed by atoms with van der Waals surface area (Å²) < 4.78 is 43.8. The lowest BCUT2D eigenvalue weighted by molar-refractivity contribution is -0.145. The van der Waals surface area contributed by atoms with Crippen molar-refractivity contribution in [1.82, 2.24) is 4.90 Å². The van der Waals surface area contributed by atoms with Gasteiger partial charge < -0.3 is 4.74 Å². The van der Waals surface area contributed by atoms with Gasteiger partial charge in [-0.3, -0.25) is 9.69 Å². The smallest absolute Gasteiger partial charge is 0.416 e. The number of ether oxygens (including phenoxy) is 1. The number of hydrogen-bond acceptors (Lipinski definition) is 3. The second kappa shape index (κ2) is 11.3. The van der Waals surface area contributed by atoms with Crippen LogP contribution in [0.5, 0.6) is 0 Å². The molecule has 1 aromatic rings. The third-order valence-corrected chi connectivity index (χ3v) is 6.91. The van der Waals surface area contributed by atoms with Crippen LogP contribution in [0.3, 0.4) is 0 Å². The first-order valence-corrected chi connectivity index (χ1v) is 11.9. The number of nitrogens with zero attached hydrogens (tertiary/aromatic N) is 1. The average Bonchev–Trinajstić information content (AvgIpc) is 2.67. The molecule has 3 nitrogen and oxygen atoms in total. The lowest BCUT2D eigenvalue weighted by Gasteiger charge is -2.41. The van der Waals surface area contributed by atoms with E-state index in [1.54, 1.807) is 12.1 Å². The van der Waals surface area contributed by atoms with Crippen LogP contribution in [0, 0.1) is 17.8 Å². The van der Waals surface area contributed by atoms with Crippen molar-refractivity contribution in [2.45, 2.75) is 77.4 Å². The third-order valence-electron chi connectivity index (χ3n) is 6.91. The van der Waals surface area contributed by atoms with E-state index in [4.69, 9.17) is 4.74 Å². The van der Waals surface area contributed by atoms with Crippen molar-refractivity contribution in [2.24, 2.45) is 17.8 Å². The standard InChI is InChI=1S/C25H36F3NO2/c1-2-31-24(30)15-20-14-22(21-8-6-4-3-5-7-9-21)18-29(17-20)16-19-10-12-23(13-11-19)25(26,27)28/h10-13,20-22H,2-9,14-18H2,1H3/t20-,22-/m0/s1. The molecule has 1 aromatic carbocycles. The molecular weight excluding hydrogens is 403 g/mol. The summed E-state index contributed by atoms with van der Waals surface area (Å²) in [7, 11) is 0. The summed E-state index contributed by atoms with van der Waals surface area (Å²) in [6, 6.07) is 5.51. The fraction of sp³-hybridized carbons (Fsp3) is 0.720. The summed E-state index contributed by atoms with van der Waals surface area (Å²) in [6.07, 6.45) is 6.20. The van der Waals surface area contributed by atoms with Gasteiger partial charge in [-0.05, 0) is 48.8 Å². The van der Waals surface area contributed by atoms with Crippen molar-refractivity contribution in [3.63, 3.8) is 0 Å². The molecule has 1 saturated carbocycles. The Hall–Kier alpha value is -1.56. The van der Waals surface area contributed by atoms with Gasteiger partial charge in [-0.25, -0.2) is 0 Å². The molecule has 1 saturated heterocycles. The largest absolute Gasteiger partial charge is 0.466 e. The zero-order chi connectivity index (χ0) is 22.3. The van der Waals surface area contributed by atoms with E-state index >= 15 is 0 Å². The van der Waals surface area contributed by atoms with Gasteiger partial charge in [0.15, 0.2) is 0 Å². The number of alkyl halides is 3. The van der Waals surface area contributed by atoms with Crippen molar-refractivity contribution in [1.29, 1.82) is 0 Å². The minimum absolute atomic E-state index is 0.139. The van der Waals surface area contributed by atoms with Gasteiger partial charge in [0.1, 0.15) is 0 Å². The molecule has 3 rings (SSSR count). The summed E-state index contributed by atoms with van der Waals surface area (Å²) in [5, 5.41) is 0. The zero-order valence-electron chi connectivity index (χ0n) is 18.6. The molecule has 0 unspecified atom stereocenters. The minimum Gasteiger partial charge on any atom is -0.466 e. The minimum atomic E-state index is -4.31. The number of likely N-dealkylation sites (tertiary alicyclic amines) is 1. The van der Waals surface area contributed by atoms with Crippen LogP contribution >= 0.6 is 0 Å². The number of benzene rings is 1. The van der Waals surface area contributed by atoms with Crippen LogP contribution in [-0.4, -0.2) is 30.6 Å². The van der Waals surface area contributed by atoms with E-state index in [-0.39, 0.29) is 11.9 Å². The zero-order valence-corrected chi connectivity index (χ0v) is 18.6. The molecule has 0 aromatic heterocycles. The summed E-state index contributed by atoms with van der Waals surface area (Å²) in [5.74, 6) is 1.33. The molecule has 2 fully saturated rings. The monoisotopic (exact) mass is 439 g/mol. The van der Waals surface area contributed by atoms with Crippen molar-refractivity contribution >= 4 is 5.97 Å². The molecule has 0 spiro atoms. The highest BCUT2D eigenvalue weighted by Gasteiger charge is 2.34. The predicted octanol–water partition coefficient (Wildman–Crippen LogP) is 6.46. The fourth-order valence-corrected chi connectivity index (χ4v) is 5.44. The molecule has 0 radical (unpaired) electrons. The van der Waals surface area contributed by atoms with Gasteiger partial charge in [-0.1, -0.05) is 57.1 Å². The SMILES string of the molecule is CCOC(=O)C[C@@H]1C[C@H](C2CCCCCCC2)CN(Cc2ccc(C(F)(F)F)cc2)C1. The average molecular weight is 440 g/mol. The van der Waals surface area contributed by atoms with E-state index in [0.29, 0.717) is 31.4 Å².